The van der Waals surface area contributed by atoms with Crippen LogP contribution in [0.3, 0.4) is 0 Å². The summed E-state index contributed by atoms with van der Waals surface area (Å²) < 4.78 is 16.9. The Balaban J connectivity index is 3.93. The zero-order chi connectivity index (χ0) is 52.2. The first-order valence-electron chi connectivity index (χ1n) is 33.0. The summed E-state index contributed by atoms with van der Waals surface area (Å²) in [5, 5.41) is 0. The fraction of sp³-hybridized carbons (Fsp3) is 0.955. The zero-order valence-corrected chi connectivity index (χ0v) is 49.2. The number of carbonyl (C=O) groups excluding carboxylic acids is 3. The van der Waals surface area contributed by atoms with Crippen LogP contribution in [-0.4, -0.2) is 37.2 Å². The number of esters is 3. The molecule has 0 spiro atoms. The van der Waals surface area contributed by atoms with Crippen LogP contribution in [0.4, 0.5) is 0 Å². The van der Waals surface area contributed by atoms with Gasteiger partial charge in [-0.2, -0.15) is 0 Å². The van der Waals surface area contributed by atoms with E-state index in [-0.39, 0.29) is 31.1 Å². The van der Waals surface area contributed by atoms with Gasteiger partial charge in [0.05, 0.1) is 0 Å². The van der Waals surface area contributed by atoms with Gasteiger partial charge in [-0.3, -0.25) is 14.4 Å². The first-order chi connectivity index (χ1) is 35.5. The normalized spacial score (nSPS) is 11.9. The van der Waals surface area contributed by atoms with Crippen LogP contribution in [0.5, 0.6) is 0 Å². The summed E-state index contributed by atoms with van der Waals surface area (Å²) in [5.74, 6) is -0.837. The molecule has 0 amide bonds. The van der Waals surface area contributed by atoms with Gasteiger partial charge in [0.25, 0.3) is 0 Å². The molecule has 0 aromatic heterocycles. The molecular formula is C66H128O6. The molecule has 0 aliphatic carbocycles. The maximum atomic E-state index is 12.8. The molecule has 0 saturated heterocycles. The van der Waals surface area contributed by atoms with E-state index in [1.54, 1.807) is 0 Å². The van der Waals surface area contributed by atoms with Gasteiger partial charge in [-0.25, -0.2) is 0 Å². The van der Waals surface area contributed by atoms with Gasteiger partial charge in [-0.1, -0.05) is 348 Å². The molecule has 0 rings (SSSR count). The number of hydrogen-bond donors (Lipinski definition) is 0. The van der Waals surface area contributed by atoms with E-state index in [9.17, 15) is 14.4 Å². The van der Waals surface area contributed by atoms with Gasteiger partial charge in [0.2, 0.25) is 0 Å². The van der Waals surface area contributed by atoms with Crippen LogP contribution in [0.25, 0.3) is 0 Å². The topological polar surface area (TPSA) is 78.9 Å². The van der Waals surface area contributed by atoms with Crippen LogP contribution in [0.1, 0.15) is 387 Å². The van der Waals surface area contributed by atoms with E-state index < -0.39 is 6.10 Å². The second kappa shape index (κ2) is 62.0. The molecule has 0 aliphatic heterocycles. The van der Waals surface area contributed by atoms with Gasteiger partial charge in [-0.15, -0.1) is 0 Å². The van der Waals surface area contributed by atoms with Crippen molar-refractivity contribution in [2.75, 3.05) is 13.2 Å². The summed E-state index contributed by atoms with van der Waals surface area (Å²) in [6, 6.07) is 0. The highest BCUT2D eigenvalue weighted by molar-refractivity contribution is 5.71. The Labute approximate surface area is 450 Å². The summed E-state index contributed by atoms with van der Waals surface area (Å²) >= 11 is 0. The molecule has 0 bridgehead atoms. The molecule has 0 fully saturated rings. The first-order valence-corrected chi connectivity index (χ1v) is 33.0. The second-order valence-electron chi connectivity index (χ2n) is 22.8. The molecule has 6 heteroatoms. The van der Waals surface area contributed by atoms with Crippen LogP contribution >= 0.6 is 0 Å². The summed E-state index contributed by atoms with van der Waals surface area (Å²) in [7, 11) is 0. The molecule has 0 N–H and O–H groups in total. The van der Waals surface area contributed by atoms with Crippen molar-refractivity contribution in [1.82, 2.24) is 0 Å². The third kappa shape index (κ3) is 59.3. The van der Waals surface area contributed by atoms with Gasteiger partial charge in [0.15, 0.2) is 6.10 Å². The van der Waals surface area contributed by atoms with Crippen LogP contribution in [0, 0.1) is 0 Å². The number of carbonyl (C=O) groups is 3. The van der Waals surface area contributed by atoms with Gasteiger partial charge in [0.1, 0.15) is 13.2 Å². The fourth-order valence-corrected chi connectivity index (χ4v) is 10.4. The minimum absolute atomic E-state index is 0.0615. The largest absolute Gasteiger partial charge is 0.462 e. The Hall–Kier alpha value is -1.59. The van der Waals surface area contributed by atoms with Crippen LogP contribution in [-0.2, 0) is 28.6 Å². The standard InChI is InChI=1S/C66H128O6/c1-4-7-10-13-16-19-21-23-25-26-27-28-29-30-31-32-33-34-35-36-37-38-39-40-41-42-44-45-47-50-53-56-59-65(68)71-62-63(61-70-64(67)58-55-52-49-18-15-12-9-6-3)72-66(69)60-57-54-51-48-46-43-24-22-20-17-14-11-8-5-2/h63H,4-62H2,1-3H3. The van der Waals surface area contributed by atoms with E-state index in [1.807, 2.05) is 0 Å². The van der Waals surface area contributed by atoms with Crippen molar-refractivity contribution in [3.8, 4) is 0 Å². The third-order valence-corrected chi connectivity index (χ3v) is 15.4. The average Bonchev–Trinajstić information content (AvgIpc) is 3.38. The zero-order valence-electron chi connectivity index (χ0n) is 49.2. The van der Waals surface area contributed by atoms with Crippen molar-refractivity contribution in [2.24, 2.45) is 0 Å². The molecule has 0 aromatic carbocycles. The molecule has 0 aromatic rings. The Kier molecular flexibility index (Phi) is 60.6. The van der Waals surface area contributed by atoms with E-state index in [0.717, 1.165) is 57.8 Å². The summed E-state index contributed by atoms with van der Waals surface area (Å²) in [6.45, 7) is 6.68. The maximum Gasteiger partial charge on any atom is 0.306 e. The average molecular weight is 1020 g/mol. The Morgan fingerprint density at radius 1 is 0.222 bits per heavy atom. The lowest BCUT2D eigenvalue weighted by Gasteiger charge is -2.18. The lowest BCUT2D eigenvalue weighted by Crippen LogP contribution is -2.30. The SMILES string of the molecule is CCCCCCCCCCCCCCCCCCCCCCCCCCCCCCCCCCC(=O)OCC(COC(=O)CCCCCCCCCC)OC(=O)CCCCCCCCCCCCCCCC. The van der Waals surface area contributed by atoms with Gasteiger partial charge in [0, 0.05) is 19.3 Å². The minimum Gasteiger partial charge on any atom is -0.462 e. The molecule has 0 heterocycles. The van der Waals surface area contributed by atoms with Crippen LogP contribution in [0.15, 0.2) is 0 Å². The van der Waals surface area contributed by atoms with Gasteiger partial charge >= 0.3 is 17.9 Å². The van der Waals surface area contributed by atoms with Crippen molar-refractivity contribution in [3.05, 3.63) is 0 Å². The van der Waals surface area contributed by atoms with Gasteiger partial charge < -0.3 is 14.2 Å². The maximum absolute atomic E-state index is 12.8. The number of hydrogen-bond acceptors (Lipinski definition) is 6. The lowest BCUT2D eigenvalue weighted by atomic mass is 10.0. The molecule has 0 saturated carbocycles. The number of ether oxygens (including phenoxy) is 3. The predicted octanol–water partition coefficient (Wildman–Crippen LogP) is 22.3. The highest BCUT2D eigenvalue weighted by Crippen LogP contribution is 2.19. The molecular weight excluding hydrogens is 889 g/mol. The Morgan fingerprint density at radius 2 is 0.375 bits per heavy atom. The first kappa shape index (κ1) is 70.4. The summed E-state index contributed by atoms with van der Waals surface area (Å²) in [5.41, 5.74) is 0. The second-order valence-corrected chi connectivity index (χ2v) is 22.8. The summed E-state index contributed by atoms with van der Waals surface area (Å²) in [4.78, 5) is 38.0. The molecule has 0 aliphatic rings. The lowest BCUT2D eigenvalue weighted by molar-refractivity contribution is -0.167. The molecule has 6 nitrogen and oxygen atoms in total. The van der Waals surface area contributed by atoms with E-state index in [2.05, 4.69) is 20.8 Å². The van der Waals surface area contributed by atoms with Crippen LogP contribution in [0.2, 0.25) is 0 Å². The van der Waals surface area contributed by atoms with E-state index in [4.69, 9.17) is 14.2 Å². The van der Waals surface area contributed by atoms with Crippen molar-refractivity contribution < 1.29 is 28.6 Å². The molecule has 1 unspecified atom stereocenters. The molecule has 72 heavy (non-hydrogen) atoms. The number of unbranched alkanes of at least 4 members (excludes halogenated alkanes) is 51. The smallest absolute Gasteiger partial charge is 0.306 e. The fourth-order valence-electron chi connectivity index (χ4n) is 10.4. The van der Waals surface area contributed by atoms with E-state index in [0.29, 0.717) is 19.3 Å². The third-order valence-electron chi connectivity index (χ3n) is 15.4. The van der Waals surface area contributed by atoms with Crippen molar-refractivity contribution in [1.29, 1.82) is 0 Å². The highest BCUT2D eigenvalue weighted by atomic mass is 16.6. The minimum atomic E-state index is -0.760. The highest BCUT2D eigenvalue weighted by Gasteiger charge is 2.19. The molecule has 428 valence electrons. The predicted molar refractivity (Wildman–Crippen MR) is 312 cm³/mol. The quantitative estimate of drug-likeness (QED) is 0.0343. The van der Waals surface area contributed by atoms with E-state index in [1.165, 1.54) is 289 Å². The monoisotopic (exact) mass is 1020 g/mol. The van der Waals surface area contributed by atoms with Gasteiger partial charge in [-0.05, 0) is 19.3 Å². The van der Waals surface area contributed by atoms with E-state index >= 15 is 0 Å². The summed E-state index contributed by atoms with van der Waals surface area (Å²) in [6.07, 6.45) is 71.6. The molecule has 1 atom stereocenters. The Bertz CT molecular complexity index is 1080. The van der Waals surface area contributed by atoms with Crippen molar-refractivity contribution >= 4 is 17.9 Å². The van der Waals surface area contributed by atoms with Crippen LogP contribution < -0.4 is 0 Å². The van der Waals surface area contributed by atoms with Crippen molar-refractivity contribution in [3.63, 3.8) is 0 Å². The van der Waals surface area contributed by atoms with Crippen molar-refractivity contribution in [2.45, 2.75) is 393 Å². The molecule has 0 radical (unpaired) electrons. The Morgan fingerprint density at radius 3 is 0.556 bits per heavy atom. The number of rotatable bonds is 62.